The van der Waals surface area contributed by atoms with Gasteiger partial charge in [-0.2, -0.15) is 4.31 Å². The number of amides is 1. The minimum Gasteiger partial charge on any atom is -0.379 e. The van der Waals surface area contributed by atoms with Gasteiger partial charge in [0, 0.05) is 30.4 Å². The number of aryl methyl sites for hydroxylation is 2. The number of sulfonamides is 1. The lowest BCUT2D eigenvalue weighted by Crippen LogP contribution is -2.42. The molecule has 2 aliphatic rings. The Balaban J connectivity index is 1.72. The van der Waals surface area contributed by atoms with E-state index in [2.05, 4.69) is 0 Å². The lowest BCUT2D eigenvalue weighted by molar-refractivity contribution is 0.0730. The molecule has 0 spiro atoms. The maximum atomic E-state index is 13.4. The number of rotatable bonds is 3. The van der Waals surface area contributed by atoms with Gasteiger partial charge in [-0.3, -0.25) is 4.79 Å². The van der Waals surface area contributed by atoms with Crippen LogP contribution in [0.4, 0.5) is 5.69 Å². The lowest BCUT2D eigenvalue weighted by Gasteiger charge is -2.35. The van der Waals surface area contributed by atoms with Crippen molar-refractivity contribution in [3.05, 3.63) is 59.2 Å². The van der Waals surface area contributed by atoms with Gasteiger partial charge in [-0.15, -0.1) is 0 Å². The summed E-state index contributed by atoms with van der Waals surface area (Å²) in [6, 6.07) is 13.0. The standard InChI is InChI=1S/C22H26N2O4S/c1-16-7-9-19(15-21(16)29(26,27)23-11-13-28-14-12-23)22(25)24-17(2)8-10-18-5-3-4-6-20(18)24/h3-7,9,15,17H,8,10-14H2,1-2H3. The van der Waals surface area contributed by atoms with Crippen molar-refractivity contribution in [2.24, 2.45) is 0 Å². The van der Waals surface area contributed by atoms with E-state index in [1.807, 2.05) is 31.2 Å². The van der Waals surface area contributed by atoms with Crippen LogP contribution in [0.25, 0.3) is 0 Å². The van der Waals surface area contributed by atoms with Crippen molar-refractivity contribution >= 4 is 21.6 Å². The van der Waals surface area contributed by atoms with Gasteiger partial charge < -0.3 is 9.64 Å². The van der Waals surface area contributed by atoms with Crippen LogP contribution in [0.15, 0.2) is 47.4 Å². The molecule has 4 rings (SSSR count). The fraction of sp³-hybridized carbons (Fsp3) is 0.409. The van der Waals surface area contributed by atoms with E-state index < -0.39 is 10.0 Å². The number of carbonyl (C=O) groups is 1. The molecule has 0 aromatic heterocycles. The maximum absolute atomic E-state index is 13.4. The molecule has 1 atom stereocenters. The first-order valence-corrected chi connectivity index (χ1v) is 11.4. The van der Waals surface area contributed by atoms with Gasteiger partial charge in [-0.25, -0.2) is 8.42 Å². The molecule has 2 aliphatic heterocycles. The van der Waals surface area contributed by atoms with E-state index in [1.54, 1.807) is 24.0 Å². The molecule has 0 bridgehead atoms. The highest BCUT2D eigenvalue weighted by atomic mass is 32.2. The molecular formula is C22H26N2O4S. The molecule has 0 N–H and O–H groups in total. The van der Waals surface area contributed by atoms with Gasteiger partial charge in [-0.1, -0.05) is 24.3 Å². The minimum absolute atomic E-state index is 0.0537. The fourth-order valence-electron chi connectivity index (χ4n) is 4.07. The van der Waals surface area contributed by atoms with Gasteiger partial charge in [0.2, 0.25) is 10.0 Å². The molecule has 0 aliphatic carbocycles. The minimum atomic E-state index is -3.67. The van der Waals surface area contributed by atoms with E-state index in [-0.39, 0.29) is 16.8 Å². The summed E-state index contributed by atoms with van der Waals surface area (Å²) in [4.78, 5) is 15.4. The first-order chi connectivity index (χ1) is 13.9. The Labute approximate surface area is 172 Å². The summed E-state index contributed by atoms with van der Waals surface area (Å²) in [5.74, 6) is -0.164. The van der Waals surface area contributed by atoms with Gasteiger partial charge in [0.1, 0.15) is 0 Å². The zero-order chi connectivity index (χ0) is 20.6. The molecule has 1 unspecified atom stereocenters. The molecule has 0 radical (unpaired) electrons. The molecule has 154 valence electrons. The third-order valence-electron chi connectivity index (χ3n) is 5.77. The molecule has 2 heterocycles. The molecule has 2 aromatic rings. The molecular weight excluding hydrogens is 388 g/mol. The van der Waals surface area contributed by atoms with Crippen molar-refractivity contribution in [1.29, 1.82) is 0 Å². The number of para-hydroxylation sites is 1. The Morgan fingerprint density at radius 3 is 2.59 bits per heavy atom. The number of benzene rings is 2. The average molecular weight is 415 g/mol. The zero-order valence-electron chi connectivity index (χ0n) is 16.8. The number of morpholine rings is 1. The summed E-state index contributed by atoms with van der Waals surface area (Å²) >= 11 is 0. The summed E-state index contributed by atoms with van der Waals surface area (Å²) in [7, 11) is -3.67. The van der Waals surface area contributed by atoms with E-state index >= 15 is 0 Å². The molecule has 1 saturated heterocycles. The Morgan fingerprint density at radius 1 is 1.10 bits per heavy atom. The third-order valence-corrected chi connectivity index (χ3v) is 7.81. The molecule has 0 saturated carbocycles. The second-order valence-electron chi connectivity index (χ2n) is 7.69. The Bertz CT molecular complexity index is 1030. The molecule has 1 amide bonds. The fourth-order valence-corrected chi connectivity index (χ4v) is 5.73. The van der Waals surface area contributed by atoms with Crippen LogP contribution in [0.5, 0.6) is 0 Å². The number of carbonyl (C=O) groups excluding carboxylic acids is 1. The second kappa shape index (κ2) is 7.89. The molecule has 29 heavy (non-hydrogen) atoms. The monoisotopic (exact) mass is 414 g/mol. The van der Waals surface area contributed by atoms with Crippen molar-refractivity contribution in [2.45, 2.75) is 37.6 Å². The van der Waals surface area contributed by atoms with E-state index in [1.165, 1.54) is 10.4 Å². The number of ether oxygens (including phenoxy) is 1. The van der Waals surface area contributed by atoms with Crippen molar-refractivity contribution in [3.8, 4) is 0 Å². The van der Waals surface area contributed by atoms with Gasteiger partial charge >= 0.3 is 0 Å². The number of anilines is 1. The van der Waals surface area contributed by atoms with Gasteiger partial charge in [0.15, 0.2) is 0 Å². The predicted octanol–water partition coefficient (Wildman–Crippen LogP) is 3.00. The highest BCUT2D eigenvalue weighted by Gasteiger charge is 2.32. The Hall–Kier alpha value is -2.22. The third kappa shape index (κ3) is 3.70. The molecule has 7 heteroatoms. The highest BCUT2D eigenvalue weighted by Crippen LogP contribution is 2.32. The Morgan fingerprint density at radius 2 is 1.83 bits per heavy atom. The zero-order valence-corrected chi connectivity index (χ0v) is 17.6. The van der Waals surface area contributed by atoms with Gasteiger partial charge in [-0.05, 0) is 56.0 Å². The normalized spacial score (nSPS) is 20.3. The summed E-state index contributed by atoms with van der Waals surface area (Å²) in [6.07, 6.45) is 1.82. The van der Waals surface area contributed by atoms with Crippen molar-refractivity contribution in [1.82, 2.24) is 4.31 Å². The van der Waals surface area contributed by atoms with Crippen LogP contribution in [0.3, 0.4) is 0 Å². The molecule has 2 aromatic carbocycles. The van der Waals surface area contributed by atoms with Crippen molar-refractivity contribution in [3.63, 3.8) is 0 Å². The van der Waals surface area contributed by atoms with E-state index in [0.29, 0.717) is 37.4 Å². The van der Waals surface area contributed by atoms with Crippen LogP contribution in [0, 0.1) is 6.92 Å². The van der Waals surface area contributed by atoms with Crippen LogP contribution in [0.2, 0.25) is 0 Å². The van der Waals surface area contributed by atoms with Gasteiger partial charge in [0.25, 0.3) is 5.91 Å². The van der Waals surface area contributed by atoms with E-state index in [9.17, 15) is 13.2 Å². The number of fused-ring (bicyclic) bond motifs is 1. The van der Waals surface area contributed by atoms with Crippen LogP contribution >= 0.6 is 0 Å². The molecule has 6 nitrogen and oxygen atoms in total. The summed E-state index contributed by atoms with van der Waals surface area (Å²) in [5.41, 5.74) is 3.09. The maximum Gasteiger partial charge on any atom is 0.258 e. The number of hydrogen-bond donors (Lipinski definition) is 0. The van der Waals surface area contributed by atoms with E-state index in [4.69, 9.17) is 4.74 Å². The van der Waals surface area contributed by atoms with Crippen LogP contribution in [-0.4, -0.2) is 51.0 Å². The van der Waals surface area contributed by atoms with Crippen LogP contribution in [0.1, 0.15) is 34.8 Å². The smallest absolute Gasteiger partial charge is 0.258 e. The quantitative estimate of drug-likeness (QED) is 0.774. The predicted molar refractivity (Wildman–Crippen MR) is 112 cm³/mol. The average Bonchev–Trinajstić information content (AvgIpc) is 2.74. The molecule has 1 fully saturated rings. The number of nitrogens with zero attached hydrogens (tertiary/aromatic N) is 2. The van der Waals surface area contributed by atoms with E-state index in [0.717, 1.165) is 24.1 Å². The van der Waals surface area contributed by atoms with Crippen LogP contribution < -0.4 is 4.90 Å². The summed E-state index contributed by atoms with van der Waals surface area (Å²) in [6.45, 7) is 5.23. The largest absolute Gasteiger partial charge is 0.379 e. The Kier molecular flexibility index (Phi) is 5.46. The van der Waals surface area contributed by atoms with Crippen LogP contribution in [-0.2, 0) is 21.2 Å². The van der Waals surface area contributed by atoms with Crippen molar-refractivity contribution < 1.29 is 17.9 Å². The first kappa shape index (κ1) is 20.1. The van der Waals surface area contributed by atoms with Crippen molar-refractivity contribution in [2.75, 3.05) is 31.2 Å². The highest BCUT2D eigenvalue weighted by molar-refractivity contribution is 7.89. The lowest BCUT2D eigenvalue weighted by atomic mass is 9.95. The second-order valence-corrected chi connectivity index (χ2v) is 9.59. The first-order valence-electron chi connectivity index (χ1n) is 9.99. The summed E-state index contributed by atoms with van der Waals surface area (Å²) in [5, 5.41) is 0. The van der Waals surface area contributed by atoms with Gasteiger partial charge in [0.05, 0.1) is 18.1 Å². The topological polar surface area (TPSA) is 66.9 Å². The SMILES string of the molecule is Cc1ccc(C(=O)N2c3ccccc3CCC2C)cc1S(=O)(=O)N1CCOCC1. The number of hydrogen-bond acceptors (Lipinski definition) is 4. The summed E-state index contributed by atoms with van der Waals surface area (Å²) < 4.78 is 33.1.